The number of alkyl halides is 3. The zero-order chi connectivity index (χ0) is 17.7. The predicted octanol–water partition coefficient (Wildman–Crippen LogP) is 3.38. The SMILES string of the molecule is O=C(N/N=C/c1ccc(C(F)(F)F)cc1)c1ccc([N+](=O)[O-])cc1. The summed E-state index contributed by atoms with van der Waals surface area (Å²) < 4.78 is 37.2. The molecule has 1 N–H and O–H groups in total. The Hall–Kier alpha value is -3.23. The molecule has 0 atom stereocenters. The molecule has 0 spiro atoms. The summed E-state index contributed by atoms with van der Waals surface area (Å²) in [6, 6.07) is 9.11. The third-order valence-corrected chi connectivity index (χ3v) is 2.96. The number of amides is 1. The summed E-state index contributed by atoms with van der Waals surface area (Å²) in [4.78, 5) is 21.7. The maximum atomic E-state index is 12.4. The van der Waals surface area contributed by atoms with Crippen LogP contribution >= 0.6 is 0 Å². The van der Waals surface area contributed by atoms with E-state index in [4.69, 9.17) is 0 Å². The standard InChI is InChI=1S/C15H10F3N3O3/c16-15(17,18)12-5-1-10(2-6-12)9-19-20-14(22)11-3-7-13(8-4-11)21(23)24/h1-9H,(H,20,22)/b19-9+. The Labute approximate surface area is 133 Å². The van der Waals surface area contributed by atoms with Crippen LogP contribution in [0.5, 0.6) is 0 Å². The highest BCUT2D eigenvalue weighted by atomic mass is 19.4. The number of non-ortho nitro benzene ring substituents is 1. The highest BCUT2D eigenvalue weighted by Crippen LogP contribution is 2.28. The van der Waals surface area contributed by atoms with Crippen LogP contribution in [-0.2, 0) is 6.18 Å². The third-order valence-electron chi connectivity index (χ3n) is 2.96. The van der Waals surface area contributed by atoms with E-state index in [0.29, 0.717) is 5.56 Å². The molecular weight excluding hydrogens is 327 g/mol. The first-order chi connectivity index (χ1) is 11.3. The van der Waals surface area contributed by atoms with Gasteiger partial charge in [-0.15, -0.1) is 0 Å². The molecule has 2 aromatic rings. The fourth-order valence-corrected chi connectivity index (χ4v) is 1.72. The minimum atomic E-state index is -4.42. The zero-order valence-corrected chi connectivity index (χ0v) is 11.9. The lowest BCUT2D eigenvalue weighted by atomic mass is 10.1. The van der Waals surface area contributed by atoms with Gasteiger partial charge in [-0.05, 0) is 29.8 Å². The first-order valence-corrected chi connectivity index (χ1v) is 6.52. The number of benzene rings is 2. The van der Waals surface area contributed by atoms with Gasteiger partial charge < -0.3 is 0 Å². The summed E-state index contributed by atoms with van der Waals surface area (Å²) in [5, 5.41) is 14.1. The van der Waals surface area contributed by atoms with Gasteiger partial charge in [0.2, 0.25) is 0 Å². The topological polar surface area (TPSA) is 84.6 Å². The van der Waals surface area contributed by atoms with Crippen molar-refractivity contribution in [2.75, 3.05) is 0 Å². The van der Waals surface area contributed by atoms with Crippen LogP contribution < -0.4 is 5.43 Å². The van der Waals surface area contributed by atoms with E-state index in [-0.39, 0.29) is 11.3 Å². The van der Waals surface area contributed by atoms with Crippen LogP contribution in [0.15, 0.2) is 53.6 Å². The quantitative estimate of drug-likeness (QED) is 0.527. The largest absolute Gasteiger partial charge is 0.416 e. The van der Waals surface area contributed by atoms with Gasteiger partial charge in [-0.2, -0.15) is 18.3 Å². The van der Waals surface area contributed by atoms with Crippen molar-refractivity contribution in [3.05, 3.63) is 75.3 Å². The van der Waals surface area contributed by atoms with Gasteiger partial charge in [0, 0.05) is 17.7 Å². The van der Waals surface area contributed by atoms with Crippen molar-refractivity contribution < 1.29 is 22.9 Å². The second kappa shape index (κ2) is 6.90. The summed E-state index contributed by atoms with van der Waals surface area (Å²) in [5.41, 5.74) is 1.77. The van der Waals surface area contributed by atoms with Crippen molar-refractivity contribution in [1.29, 1.82) is 0 Å². The molecule has 0 aliphatic heterocycles. The van der Waals surface area contributed by atoms with Gasteiger partial charge in [0.25, 0.3) is 11.6 Å². The van der Waals surface area contributed by atoms with Crippen molar-refractivity contribution in [3.8, 4) is 0 Å². The van der Waals surface area contributed by atoms with Crippen LogP contribution in [0.4, 0.5) is 18.9 Å². The number of nitro groups is 1. The van der Waals surface area contributed by atoms with Gasteiger partial charge in [0.1, 0.15) is 0 Å². The zero-order valence-electron chi connectivity index (χ0n) is 11.9. The second-order valence-corrected chi connectivity index (χ2v) is 4.62. The molecular formula is C15H10F3N3O3. The minimum Gasteiger partial charge on any atom is -0.267 e. The molecule has 9 heteroatoms. The molecule has 1 amide bonds. The normalized spacial score (nSPS) is 11.5. The molecule has 0 aliphatic rings. The van der Waals surface area contributed by atoms with Gasteiger partial charge in [0.15, 0.2) is 0 Å². The number of carbonyl (C=O) groups is 1. The van der Waals surface area contributed by atoms with Gasteiger partial charge in [-0.3, -0.25) is 14.9 Å². The number of hydrazone groups is 1. The Morgan fingerprint density at radius 2 is 1.67 bits per heavy atom. The average molecular weight is 337 g/mol. The predicted molar refractivity (Wildman–Crippen MR) is 79.6 cm³/mol. The Kier molecular flexibility index (Phi) is 4.93. The number of hydrogen-bond donors (Lipinski definition) is 1. The summed E-state index contributed by atoms with van der Waals surface area (Å²) in [7, 11) is 0. The van der Waals surface area contributed by atoms with E-state index in [9.17, 15) is 28.1 Å². The highest BCUT2D eigenvalue weighted by Gasteiger charge is 2.29. The van der Waals surface area contributed by atoms with E-state index in [2.05, 4.69) is 10.5 Å². The van der Waals surface area contributed by atoms with E-state index in [1.165, 1.54) is 42.6 Å². The van der Waals surface area contributed by atoms with Crippen LogP contribution in [-0.4, -0.2) is 17.0 Å². The number of nitrogens with zero attached hydrogens (tertiary/aromatic N) is 2. The summed E-state index contributed by atoms with van der Waals surface area (Å²) in [5.74, 6) is -0.604. The number of nitrogens with one attached hydrogen (secondary N) is 1. The van der Waals surface area contributed by atoms with Gasteiger partial charge in [0.05, 0.1) is 16.7 Å². The van der Waals surface area contributed by atoms with E-state index >= 15 is 0 Å². The number of hydrogen-bond acceptors (Lipinski definition) is 4. The van der Waals surface area contributed by atoms with Crippen LogP contribution in [0.3, 0.4) is 0 Å². The number of halogens is 3. The van der Waals surface area contributed by atoms with Crippen LogP contribution in [0.1, 0.15) is 21.5 Å². The number of carbonyl (C=O) groups excluding carboxylic acids is 1. The molecule has 2 aromatic carbocycles. The van der Waals surface area contributed by atoms with Crippen molar-refractivity contribution in [2.24, 2.45) is 5.10 Å². The smallest absolute Gasteiger partial charge is 0.267 e. The second-order valence-electron chi connectivity index (χ2n) is 4.62. The Morgan fingerprint density at radius 1 is 1.08 bits per heavy atom. The molecule has 0 radical (unpaired) electrons. The molecule has 0 heterocycles. The summed E-state index contributed by atoms with van der Waals surface area (Å²) in [6.45, 7) is 0. The first kappa shape index (κ1) is 17.1. The van der Waals surface area contributed by atoms with Crippen LogP contribution in [0.25, 0.3) is 0 Å². The molecule has 0 fully saturated rings. The van der Waals surface area contributed by atoms with E-state index < -0.39 is 22.6 Å². The van der Waals surface area contributed by atoms with Crippen molar-refractivity contribution in [2.45, 2.75) is 6.18 Å². The van der Waals surface area contributed by atoms with Crippen LogP contribution in [0, 0.1) is 10.1 Å². The van der Waals surface area contributed by atoms with Gasteiger partial charge in [-0.25, -0.2) is 5.43 Å². The van der Waals surface area contributed by atoms with Crippen molar-refractivity contribution in [3.63, 3.8) is 0 Å². The molecule has 6 nitrogen and oxygen atoms in total. The lowest BCUT2D eigenvalue weighted by molar-refractivity contribution is -0.384. The van der Waals surface area contributed by atoms with Gasteiger partial charge >= 0.3 is 6.18 Å². The Balaban J connectivity index is 1.98. The monoisotopic (exact) mass is 337 g/mol. The van der Waals surface area contributed by atoms with Crippen molar-refractivity contribution in [1.82, 2.24) is 5.43 Å². The Bertz CT molecular complexity index is 769. The summed E-state index contributed by atoms with van der Waals surface area (Å²) in [6.07, 6.45) is -3.23. The molecule has 2 rings (SSSR count). The van der Waals surface area contributed by atoms with E-state index in [1.807, 2.05) is 0 Å². The lowest BCUT2D eigenvalue weighted by Crippen LogP contribution is -2.17. The number of rotatable bonds is 4. The maximum Gasteiger partial charge on any atom is 0.416 e. The fourth-order valence-electron chi connectivity index (χ4n) is 1.72. The molecule has 124 valence electrons. The minimum absolute atomic E-state index is 0.153. The molecule has 0 saturated heterocycles. The number of nitro benzene ring substituents is 1. The van der Waals surface area contributed by atoms with Crippen LogP contribution in [0.2, 0.25) is 0 Å². The van der Waals surface area contributed by atoms with E-state index in [0.717, 1.165) is 12.1 Å². The average Bonchev–Trinajstić information content (AvgIpc) is 2.54. The molecule has 24 heavy (non-hydrogen) atoms. The fraction of sp³-hybridized carbons (Fsp3) is 0.0667. The van der Waals surface area contributed by atoms with E-state index in [1.54, 1.807) is 0 Å². The molecule has 0 bridgehead atoms. The first-order valence-electron chi connectivity index (χ1n) is 6.52. The highest BCUT2D eigenvalue weighted by molar-refractivity contribution is 5.95. The summed E-state index contributed by atoms with van der Waals surface area (Å²) >= 11 is 0. The molecule has 0 unspecified atom stereocenters. The van der Waals surface area contributed by atoms with Gasteiger partial charge in [-0.1, -0.05) is 12.1 Å². The molecule has 0 aromatic heterocycles. The lowest BCUT2D eigenvalue weighted by Gasteiger charge is -2.05. The Morgan fingerprint density at radius 3 is 2.17 bits per heavy atom. The van der Waals surface area contributed by atoms with Crippen molar-refractivity contribution >= 4 is 17.8 Å². The molecule has 0 saturated carbocycles. The maximum absolute atomic E-state index is 12.4. The third kappa shape index (κ3) is 4.38. The molecule has 0 aliphatic carbocycles.